The van der Waals surface area contributed by atoms with Crippen LogP contribution in [0.15, 0.2) is 23.0 Å². The number of hydrogen-bond acceptors (Lipinski definition) is 4. The molecule has 0 spiro atoms. The maximum absolute atomic E-state index is 12.7. The van der Waals surface area contributed by atoms with E-state index in [1.165, 1.54) is 5.57 Å². The first kappa shape index (κ1) is 22.3. The molecule has 6 nitrogen and oxygen atoms in total. The number of hydrogen-bond donors (Lipinski definition) is 0. The molecule has 1 unspecified atom stereocenters. The smallest absolute Gasteiger partial charge is 0.330 e. The SMILES string of the molecule is Cn1c(=O)n(CC(C)(C)C)c2ccc(C3=CCC(CC(=O)OC(C)(C)C)CC3)nc21. The second kappa shape index (κ2) is 8.05. The lowest BCUT2D eigenvalue weighted by atomic mass is 9.86. The van der Waals surface area contributed by atoms with Crippen molar-refractivity contribution in [2.24, 2.45) is 18.4 Å². The van der Waals surface area contributed by atoms with Gasteiger partial charge in [0.25, 0.3) is 0 Å². The lowest BCUT2D eigenvalue weighted by Crippen LogP contribution is -2.27. The molecule has 0 saturated carbocycles. The summed E-state index contributed by atoms with van der Waals surface area (Å²) in [6.07, 6.45) is 5.31. The number of aromatic nitrogens is 3. The highest BCUT2D eigenvalue weighted by Crippen LogP contribution is 2.32. The molecule has 0 radical (unpaired) electrons. The average Bonchev–Trinajstić information content (AvgIpc) is 2.84. The van der Waals surface area contributed by atoms with Crippen LogP contribution in [0.2, 0.25) is 0 Å². The molecule has 0 bridgehead atoms. The summed E-state index contributed by atoms with van der Waals surface area (Å²) in [6.45, 7) is 12.7. The minimum absolute atomic E-state index is 0.00578. The van der Waals surface area contributed by atoms with E-state index in [1.807, 2.05) is 37.5 Å². The number of carbonyl (C=O) groups is 1. The normalized spacial score (nSPS) is 17.8. The molecule has 0 N–H and O–H groups in total. The van der Waals surface area contributed by atoms with Gasteiger partial charge in [0.15, 0.2) is 5.65 Å². The van der Waals surface area contributed by atoms with Gasteiger partial charge in [0.1, 0.15) is 5.60 Å². The van der Waals surface area contributed by atoms with E-state index < -0.39 is 5.60 Å². The standard InChI is InChI=1S/C24H35N3O3/c1-23(2,3)15-27-19-13-12-18(25-21(19)26(7)22(27)29)17-10-8-16(9-11-17)14-20(28)30-24(4,5)6/h10,12-13,16H,8-9,11,14-15H2,1-7H3. The first-order valence-electron chi connectivity index (χ1n) is 10.8. The van der Waals surface area contributed by atoms with Gasteiger partial charge in [-0.05, 0) is 69.1 Å². The molecule has 2 aromatic heterocycles. The van der Waals surface area contributed by atoms with Crippen LogP contribution in [0.5, 0.6) is 0 Å². The van der Waals surface area contributed by atoms with Gasteiger partial charge in [0.05, 0.1) is 11.2 Å². The maximum Gasteiger partial charge on any atom is 0.330 e. The van der Waals surface area contributed by atoms with E-state index in [4.69, 9.17) is 9.72 Å². The summed E-state index contributed by atoms with van der Waals surface area (Å²) in [7, 11) is 1.78. The molecule has 0 saturated heterocycles. The molecular formula is C24H35N3O3. The summed E-state index contributed by atoms with van der Waals surface area (Å²) in [5.74, 6) is 0.184. The third-order valence-corrected chi connectivity index (χ3v) is 5.34. The largest absolute Gasteiger partial charge is 0.460 e. The van der Waals surface area contributed by atoms with E-state index in [-0.39, 0.29) is 17.1 Å². The Hall–Kier alpha value is -2.37. The number of esters is 1. The van der Waals surface area contributed by atoms with Gasteiger partial charge in [-0.15, -0.1) is 0 Å². The Labute approximate surface area is 178 Å². The molecule has 2 heterocycles. The molecule has 30 heavy (non-hydrogen) atoms. The van der Waals surface area contributed by atoms with Crippen molar-refractivity contribution in [2.75, 3.05) is 0 Å². The highest BCUT2D eigenvalue weighted by molar-refractivity contribution is 5.76. The Morgan fingerprint density at radius 3 is 2.47 bits per heavy atom. The number of nitrogens with zero attached hydrogens (tertiary/aromatic N) is 3. The predicted octanol–water partition coefficient (Wildman–Crippen LogP) is 4.70. The quantitative estimate of drug-likeness (QED) is 0.682. The average molecular weight is 414 g/mol. The van der Waals surface area contributed by atoms with E-state index in [1.54, 1.807) is 11.6 Å². The van der Waals surface area contributed by atoms with E-state index in [0.717, 1.165) is 36.1 Å². The number of fused-ring (bicyclic) bond motifs is 1. The van der Waals surface area contributed by atoms with Gasteiger partial charge in [-0.1, -0.05) is 26.8 Å². The number of pyridine rings is 1. The molecular weight excluding hydrogens is 378 g/mol. The summed E-state index contributed by atoms with van der Waals surface area (Å²) < 4.78 is 8.91. The van der Waals surface area contributed by atoms with Crippen molar-refractivity contribution in [3.05, 3.63) is 34.4 Å². The van der Waals surface area contributed by atoms with E-state index in [2.05, 4.69) is 26.8 Å². The van der Waals surface area contributed by atoms with E-state index in [0.29, 0.717) is 18.9 Å². The third kappa shape index (κ3) is 5.21. The van der Waals surface area contributed by atoms with Crippen LogP contribution < -0.4 is 5.69 Å². The minimum atomic E-state index is -0.439. The fourth-order valence-electron chi connectivity index (χ4n) is 4.00. The molecule has 1 aliphatic carbocycles. The number of imidazole rings is 1. The topological polar surface area (TPSA) is 66.1 Å². The van der Waals surface area contributed by atoms with Gasteiger partial charge in [-0.3, -0.25) is 13.9 Å². The van der Waals surface area contributed by atoms with Crippen LogP contribution in [-0.2, 0) is 23.1 Å². The zero-order valence-corrected chi connectivity index (χ0v) is 19.4. The molecule has 0 fully saturated rings. The Morgan fingerprint density at radius 2 is 1.90 bits per heavy atom. The Kier molecular flexibility index (Phi) is 5.99. The van der Waals surface area contributed by atoms with Gasteiger partial charge in [-0.25, -0.2) is 9.78 Å². The summed E-state index contributed by atoms with van der Waals surface area (Å²) in [5, 5.41) is 0. The van der Waals surface area contributed by atoms with Crippen LogP contribution in [0, 0.1) is 11.3 Å². The molecule has 0 aliphatic heterocycles. The number of aryl methyl sites for hydroxylation is 1. The highest BCUT2D eigenvalue weighted by Gasteiger charge is 2.24. The van der Waals surface area contributed by atoms with Crippen molar-refractivity contribution < 1.29 is 9.53 Å². The van der Waals surface area contributed by atoms with Crippen molar-refractivity contribution in [1.82, 2.24) is 14.1 Å². The van der Waals surface area contributed by atoms with Crippen molar-refractivity contribution >= 4 is 22.7 Å². The van der Waals surface area contributed by atoms with Gasteiger partial charge in [0.2, 0.25) is 0 Å². The van der Waals surface area contributed by atoms with Crippen molar-refractivity contribution in [3.63, 3.8) is 0 Å². The van der Waals surface area contributed by atoms with Crippen LogP contribution in [0.4, 0.5) is 0 Å². The Morgan fingerprint density at radius 1 is 1.20 bits per heavy atom. The zero-order valence-electron chi connectivity index (χ0n) is 19.4. The lowest BCUT2D eigenvalue weighted by molar-refractivity contribution is -0.156. The molecule has 0 aromatic carbocycles. The van der Waals surface area contributed by atoms with Gasteiger partial charge >= 0.3 is 11.7 Å². The summed E-state index contributed by atoms with van der Waals surface area (Å²) >= 11 is 0. The molecule has 0 amide bonds. The predicted molar refractivity (Wildman–Crippen MR) is 120 cm³/mol. The van der Waals surface area contributed by atoms with E-state index >= 15 is 0 Å². The van der Waals surface area contributed by atoms with Gasteiger partial charge in [0, 0.05) is 20.0 Å². The van der Waals surface area contributed by atoms with Crippen molar-refractivity contribution in [3.8, 4) is 0 Å². The van der Waals surface area contributed by atoms with Gasteiger partial charge in [-0.2, -0.15) is 0 Å². The van der Waals surface area contributed by atoms with Gasteiger partial charge < -0.3 is 4.74 Å². The number of allylic oxidation sites excluding steroid dienone is 2. The fourth-order valence-corrected chi connectivity index (χ4v) is 4.00. The summed E-state index contributed by atoms with van der Waals surface area (Å²) in [4.78, 5) is 29.7. The van der Waals surface area contributed by atoms with E-state index in [9.17, 15) is 9.59 Å². The number of rotatable bonds is 4. The third-order valence-electron chi connectivity index (χ3n) is 5.34. The molecule has 164 valence electrons. The molecule has 3 rings (SSSR count). The molecule has 1 aliphatic rings. The first-order chi connectivity index (χ1) is 13.8. The Bertz CT molecular complexity index is 1030. The van der Waals surface area contributed by atoms with Crippen LogP contribution in [0.25, 0.3) is 16.7 Å². The minimum Gasteiger partial charge on any atom is -0.460 e. The van der Waals surface area contributed by atoms with Crippen LogP contribution >= 0.6 is 0 Å². The fraction of sp³-hybridized carbons (Fsp3) is 0.625. The van der Waals surface area contributed by atoms with Crippen LogP contribution in [0.1, 0.15) is 72.9 Å². The summed E-state index contributed by atoms with van der Waals surface area (Å²) in [6, 6.07) is 4.03. The summed E-state index contributed by atoms with van der Waals surface area (Å²) in [5.41, 5.74) is 3.24. The zero-order chi connectivity index (χ0) is 22.3. The number of carbonyl (C=O) groups excluding carboxylic acids is 1. The highest BCUT2D eigenvalue weighted by atomic mass is 16.6. The molecule has 2 aromatic rings. The monoisotopic (exact) mass is 413 g/mol. The maximum atomic E-state index is 12.7. The Balaban J connectivity index is 1.78. The molecule has 1 atom stereocenters. The second-order valence-electron chi connectivity index (χ2n) is 10.7. The van der Waals surface area contributed by atoms with Crippen molar-refractivity contribution in [2.45, 2.75) is 79.4 Å². The first-order valence-corrected chi connectivity index (χ1v) is 10.8. The number of ether oxygens (including phenoxy) is 1. The van der Waals surface area contributed by atoms with Crippen LogP contribution in [-0.4, -0.2) is 25.7 Å². The second-order valence-corrected chi connectivity index (χ2v) is 10.7. The van der Waals surface area contributed by atoms with Crippen molar-refractivity contribution in [1.29, 1.82) is 0 Å². The molecule has 6 heteroatoms. The lowest BCUT2D eigenvalue weighted by Gasteiger charge is -2.24. The van der Waals surface area contributed by atoms with Crippen LogP contribution in [0.3, 0.4) is 0 Å².